The fourth-order valence-electron chi connectivity index (χ4n) is 2.84. The molecule has 0 aromatic carbocycles. The number of hydrazine groups is 1. The molecule has 0 aromatic rings. The molecule has 2 amide bonds. The van der Waals surface area contributed by atoms with E-state index in [4.69, 9.17) is 4.74 Å². The summed E-state index contributed by atoms with van der Waals surface area (Å²) in [6.45, 7) is 2.39. The van der Waals surface area contributed by atoms with Gasteiger partial charge in [0.1, 0.15) is 6.04 Å². The van der Waals surface area contributed by atoms with Crippen LogP contribution < -0.4 is 10.7 Å². The second-order valence-electron chi connectivity index (χ2n) is 5.40. The number of carboxylic acids is 1. The Hall–Kier alpha value is -1.34. The molecule has 3 N–H and O–H groups in total. The Balaban J connectivity index is 1.83. The van der Waals surface area contributed by atoms with E-state index in [1.807, 2.05) is 0 Å². The summed E-state index contributed by atoms with van der Waals surface area (Å²) < 4.78 is 5.19. The molecule has 20 heavy (non-hydrogen) atoms. The smallest absolute Gasteiger partial charge is 0.330 e. The third-order valence-electron chi connectivity index (χ3n) is 3.94. The number of nitrogens with one attached hydrogen (secondary N) is 2. The molecule has 1 aliphatic carbocycles. The van der Waals surface area contributed by atoms with Gasteiger partial charge >= 0.3 is 12.0 Å². The average Bonchev–Trinajstić information content (AvgIpc) is 2.46. The Morgan fingerprint density at radius 3 is 2.40 bits per heavy atom. The Bertz CT molecular complexity index is 339. The Kier molecular flexibility index (Phi) is 5.60. The molecule has 114 valence electrons. The quantitative estimate of drug-likeness (QED) is 0.702. The highest BCUT2D eigenvalue weighted by atomic mass is 16.5. The lowest BCUT2D eigenvalue weighted by Gasteiger charge is -2.30. The summed E-state index contributed by atoms with van der Waals surface area (Å²) >= 11 is 0. The van der Waals surface area contributed by atoms with Gasteiger partial charge in [-0.1, -0.05) is 19.3 Å². The molecule has 0 bridgehead atoms. The number of aliphatic carboxylic acids is 1. The van der Waals surface area contributed by atoms with Gasteiger partial charge in [0.25, 0.3) is 0 Å². The number of amides is 2. The number of rotatable bonds is 4. The number of morpholine rings is 1. The number of hydrogen-bond donors (Lipinski definition) is 3. The topological polar surface area (TPSA) is 90.9 Å². The maximum Gasteiger partial charge on any atom is 0.330 e. The summed E-state index contributed by atoms with van der Waals surface area (Å²) in [7, 11) is 0. The van der Waals surface area contributed by atoms with Crippen LogP contribution in [-0.2, 0) is 9.53 Å². The Morgan fingerprint density at radius 1 is 1.15 bits per heavy atom. The lowest BCUT2D eigenvalue weighted by molar-refractivity contribution is -0.141. The molecule has 1 heterocycles. The minimum Gasteiger partial charge on any atom is -0.480 e. The molecule has 1 atom stereocenters. The number of carboxylic acid groups (broad SMARTS) is 1. The predicted molar refractivity (Wildman–Crippen MR) is 72.1 cm³/mol. The number of ether oxygens (including phenoxy) is 1. The van der Waals surface area contributed by atoms with E-state index in [2.05, 4.69) is 10.7 Å². The monoisotopic (exact) mass is 285 g/mol. The lowest BCUT2D eigenvalue weighted by atomic mass is 9.84. The zero-order valence-corrected chi connectivity index (χ0v) is 11.6. The van der Waals surface area contributed by atoms with Crippen LogP contribution in [0.3, 0.4) is 0 Å². The van der Waals surface area contributed by atoms with Crippen molar-refractivity contribution in [3.63, 3.8) is 0 Å². The van der Waals surface area contributed by atoms with Crippen molar-refractivity contribution in [2.75, 3.05) is 26.3 Å². The SMILES string of the molecule is O=C(NC(C(=O)O)C1CCCCC1)NN1CCOCC1. The average molecular weight is 285 g/mol. The van der Waals surface area contributed by atoms with E-state index in [0.717, 1.165) is 32.1 Å². The van der Waals surface area contributed by atoms with Crippen LogP contribution in [-0.4, -0.2) is 54.5 Å². The molecule has 1 aliphatic heterocycles. The highest BCUT2D eigenvalue weighted by Gasteiger charge is 2.31. The number of carbonyl (C=O) groups excluding carboxylic acids is 1. The Morgan fingerprint density at radius 2 is 1.80 bits per heavy atom. The van der Waals surface area contributed by atoms with E-state index < -0.39 is 18.0 Å². The molecule has 2 fully saturated rings. The summed E-state index contributed by atoms with van der Waals surface area (Å²) in [5, 5.41) is 13.7. The maximum absolute atomic E-state index is 11.9. The van der Waals surface area contributed by atoms with Crippen molar-refractivity contribution in [2.24, 2.45) is 5.92 Å². The zero-order chi connectivity index (χ0) is 14.4. The van der Waals surface area contributed by atoms with Crippen LogP contribution in [0.15, 0.2) is 0 Å². The second-order valence-corrected chi connectivity index (χ2v) is 5.40. The van der Waals surface area contributed by atoms with Crippen LogP contribution in [0.5, 0.6) is 0 Å². The van der Waals surface area contributed by atoms with Crippen molar-refractivity contribution in [3.05, 3.63) is 0 Å². The van der Waals surface area contributed by atoms with Crippen molar-refractivity contribution < 1.29 is 19.4 Å². The predicted octanol–water partition coefficient (Wildman–Crippen LogP) is 0.566. The summed E-state index contributed by atoms with van der Waals surface area (Å²) in [6, 6.07) is -1.23. The van der Waals surface area contributed by atoms with E-state index in [1.165, 1.54) is 0 Å². The number of urea groups is 1. The fraction of sp³-hybridized carbons (Fsp3) is 0.846. The number of hydrogen-bond acceptors (Lipinski definition) is 4. The van der Waals surface area contributed by atoms with Gasteiger partial charge < -0.3 is 15.2 Å². The zero-order valence-electron chi connectivity index (χ0n) is 11.6. The molecule has 2 aliphatic rings. The molecule has 1 saturated carbocycles. The van der Waals surface area contributed by atoms with E-state index in [0.29, 0.717) is 26.3 Å². The molecule has 0 radical (unpaired) electrons. The summed E-state index contributed by atoms with van der Waals surface area (Å²) in [5.74, 6) is -0.911. The Labute approximate surface area is 118 Å². The summed E-state index contributed by atoms with van der Waals surface area (Å²) in [4.78, 5) is 23.3. The molecule has 0 spiro atoms. The van der Waals surface area contributed by atoms with E-state index in [9.17, 15) is 14.7 Å². The van der Waals surface area contributed by atoms with Crippen LogP contribution in [0, 0.1) is 5.92 Å². The molecule has 7 nitrogen and oxygen atoms in total. The molecule has 2 rings (SSSR count). The third kappa shape index (κ3) is 4.35. The van der Waals surface area contributed by atoms with Gasteiger partial charge in [-0.3, -0.25) is 5.43 Å². The minimum absolute atomic E-state index is 0.0386. The fourth-order valence-corrected chi connectivity index (χ4v) is 2.84. The van der Waals surface area contributed by atoms with Gasteiger partial charge in [0, 0.05) is 13.1 Å². The normalized spacial score (nSPS) is 23.0. The molecule has 7 heteroatoms. The highest BCUT2D eigenvalue weighted by molar-refractivity contribution is 5.82. The van der Waals surface area contributed by atoms with Crippen LogP contribution in [0.1, 0.15) is 32.1 Å². The van der Waals surface area contributed by atoms with Crippen molar-refractivity contribution in [3.8, 4) is 0 Å². The van der Waals surface area contributed by atoms with E-state index in [-0.39, 0.29) is 5.92 Å². The molecular weight excluding hydrogens is 262 g/mol. The van der Waals surface area contributed by atoms with Gasteiger partial charge in [-0.25, -0.2) is 14.6 Å². The lowest BCUT2D eigenvalue weighted by Crippen LogP contribution is -2.56. The summed E-state index contributed by atoms with van der Waals surface area (Å²) in [6.07, 6.45) is 4.98. The molecule has 1 unspecified atom stereocenters. The maximum atomic E-state index is 11.9. The first-order valence-corrected chi connectivity index (χ1v) is 7.29. The minimum atomic E-state index is -0.950. The van der Waals surface area contributed by atoms with E-state index >= 15 is 0 Å². The first kappa shape index (κ1) is 15.1. The second kappa shape index (κ2) is 7.44. The van der Waals surface area contributed by atoms with Gasteiger partial charge in [0.05, 0.1) is 13.2 Å². The highest BCUT2D eigenvalue weighted by Crippen LogP contribution is 2.26. The molecular formula is C13H23N3O4. The number of nitrogens with zero attached hydrogens (tertiary/aromatic N) is 1. The van der Waals surface area contributed by atoms with Crippen LogP contribution >= 0.6 is 0 Å². The van der Waals surface area contributed by atoms with E-state index in [1.54, 1.807) is 5.01 Å². The number of carbonyl (C=O) groups is 2. The van der Waals surface area contributed by atoms with Crippen molar-refractivity contribution in [2.45, 2.75) is 38.1 Å². The van der Waals surface area contributed by atoms with Crippen molar-refractivity contribution in [1.82, 2.24) is 15.8 Å². The largest absolute Gasteiger partial charge is 0.480 e. The third-order valence-corrected chi connectivity index (χ3v) is 3.94. The summed E-state index contributed by atoms with van der Waals surface area (Å²) in [5.41, 5.74) is 2.68. The van der Waals surface area contributed by atoms with Gasteiger partial charge in [0.2, 0.25) is 0 Å². The molecule has 0 aromatic heterocycles. The van der Waals surface area contributed by atoms with Gasteiger partial charge in [-0.05, 0) is 18.8 Å². The van der Waals surface area contributed by atoms with Crippen LogP contribution in [0.2, 0.25) is 0 Å². The first-order valence-electron chi connectivity index (χ1n) is 7.29. The van der Waals surface area contributed by atoms with Crippen molar-refractivity contribution >= 4 is 12.0 Å². The molecule has 1 saturated heterocycles. The van der Waals surface area contributed by atoms with Gasteiger partial charge in [-0.2, -0.15) is 0 Å². The van der Waals surface area contributed by atoms with Gasteiger partial charge in [0.15, 0.2) is 0 Å². The van der Waals surface area contributed by atoms with Crippen molar-refractivity contribution in [1.29, 1.82) is 0 Å². The van der Waals surface area contributed by atoms with Crippen LogP contribution in [0.4, 0.5) is 4.79 Å². The van der Waals surface area contributed by atoms with Crippen LogP contribution in [0.25, 0.3) is 0 Å². The van der Waals surface area contributed by atoms with Gasteiger partial charge in [-0.15, -0.1) is 0 Å². The standard InChI is InChI=1S/C13H23N3O4/c17-12(18)11(10-4-2-1-3-5-10)14-13(19)15-16-6-8-20-9-7-16/h10-11H,1-9H2,(H,17,18)(H2,14,15,19). The first-order chi connectivity index (χ1) is 9.66.